The summed E-state index contributed by atoms with van der Waals surface area (Å²) in [5, 5.41) is 25.5. The number of ether oxygens (including phenoxy) is 1. The quantitative estimate of drug-likeness (QED) is 0.437. The Morgan fingerprint density at radius 2 is 2.17 bits per heavy atom. The zero-order valence-electron chi connectivity index (χ0n) is 12.5. The van der Waals surface area contributed by atoms with Crippen LogP contribution in [0.25, 0.3) is 0 Å². The van der Waals surface area contributed by atoms with E-state index in [0.29, 0.717) is 11.3 Å². The van der Waals surface area contributed by atoms with Crippen molar-refractivity contribution >= 4 is 17.7 Å². The van der Waals surface area contributed by atoms with Gasteiger partial charge in [-0.25, -0.2) is 9.59 Å². The Morgan fingerprint density at radius 1 is 1.48 bits per heavy atom. The van der Waals surface area contributed by atoms with Crippen LogP contribution in [-0.2, 0) is 9.53 Å². The Hall–Kier alpha value is -3.10. The zero-order chi connectivity index (χ0) is 17.1. The Morgan fingerprint density at radius 3 is 2.74 bits per heavy atom. The molecule has 9 heteroatoms. The first-order chi connectivity index (χ1) is 10.8. The fourth-order valence-electron chi connectivity index (χ4n) is 2.30. The first kappa shape index (κ1) is 16.3. The standard InChI is InChI=1S/C14H15N3O6/c1-3-23-13(19)11-7(2)15-14(20)16-12(11)8-4-5-9(17(21)22)10(18)6-8/h4-6,12,18H,3H2,1-2H3,(H2,15,16,20). The van der Waals surface area contributed by atoms with Gasteiger partial charge in [-0.05, 0) is 31.5 Å². The third kappa shape index (κ3) is 3.23. The van der Waals surface area contributed by atoms with Gasteiger partial charge < -0.3 is 20.5 Å². The number of allylic oxidation sites excluding steroid dienone is 1. The number of hydrogen-bond donors (Lipinski definition) is 3. The highest BCUT2D eigenvalue weighted by Crippen LogP contribution is 2.33. The summed E-state index contributed by atoms with van der Waals surface area (Å²) in [5.41, 5.74) is 0.340. The van der Waals surface area contributed by atoms with Crippen LogP contribution >= 0.6 is 0 Å². The predicted molar refractivity (Wildman–Crippen MR) is 78.5 cm³/mol. The van der Waals surface area contributed by atoms with Gasteiger partial charge in [0.05, 0.1) is 23.1 Å². The molecule has 0 saturated heterocycles. The number of benzene rings is 1. The number of hydrogen-bond acceptors (Lipinski definition) is 6. The van der Waals surface area contributed by atoms with Gasteiger partial charge in [-0.15, -0.1) is 0 Å². The maximum atomic E-state index is 12.1. The second kappa shape index (κ2) is 6.34. The molecule has 0 aliphatic carbocycles. The molecule has 0 spiro atoms. The normalized spacial score (nSPS) is 17.3. The summed E-state index contributed by atoms with van der Waals surface area (Å²) in [6, 6.07) is 2.20. The van der Waals surface area contributed by atoms with Gasteiger partial charge in [-0.1, -0.05) is 0 Å². The lowest BCUT2D eigenvalue weighted by Gasteiger charge is -2.28. The highest BCUT2D eigenvalue weighted by Gasteiger charge is 2.33. The lowest BCUT2D eigenvalue weighted by Crippen LogP contribution is -2.45. The molecule has 0 saturated carbocycles. The maximum absolute atomic E-state index is 12.1. The smallest absolute Gasteiger partial charge is 0.338 e. The van der Waals surface area contributed by atoms with Crippen molar-refractivity contribution in [2.24, 2.45) is 0 Å². The number of esters is 1. The van der Waals surface area contributed by atoms with E-state index in [1.165, 1.54) is 6.07 Å². The molecule has 122 valence electrons. The number of carbonyl (C=O) groups excluding carboxylic acids is 2. The second-order valence-corrected chi connectivity index (χ2v) is 4.80. The highest BCUT2D eigenvalue weighted by atomic mass is 16.6. The average Bonchev–Trinajstić information content (AvgIpc) is 2.45. The van der Waals surface area contributed by atoms with E-state index in [2.05, 4.69) is 10.6 Å². The molecule has 1 aliphatic heterocycles. The van der Waals surface area contributed by atoms with E-state index < -0.39 is 34.4 Å². The molecular weight excluding hydrogens is 306 g/mol. The molecule has 0 fully saturated rings. The zero-order valence-corrected chi connectivity index (χ0v) is 12.5. The highest BCUT2D eigenvalue weighted by molar-refractivity contribution is 5.95. The number of amides is 2. The molecule has 1 aliphatic rings. The van der Waals surface area contributed by atoms with Crippen LogP contribution in [0.2, 0.25) is 0 Å². The summed E-state index contributed by atoms with van der Waals surface area (Å²) in [4.78, 5) is 33.8. The SMILES string of the molecule is CCOC(=O)C1=C(C)NC(=O)NC1c1ccc([N+](=O)[O-])c(O)c1. The molecule has 2 amide bonds. The molecule has 0 aromatic heterocycles. The summed E-state index contributed by atoms with van der Waals surface area (Å²) in [7, 11) is 0. The summed E-state index contributed by atoms with van der Waals surface area (Å²) >= 11 is 0. The topological polar surface area (TPSA) is 131 Å². The fraction of sp³-hybridized carbons (Fsp3) is 0.286. The molecule has 2 rings (SSSR count). The van der Waals surface area contributed by atoms with Crippen molar-refractivity contribution in [2.75, 3.05) is 6.61 Å². The number of nitrogens with one attached hydrogen (secondary N) is 2. The van der Waals surface area contributed by atoms with Gasteiger partial charge in [0.25, 0.3) is 0 Å². The molecule has 0 bridgehead atoms. The monoisotopic (exact) mass is 321 g/mol. The Labute approximate surface area is 131 Å². The molecule has 9 nitrogen and oxygen atoms in total. The Bertz CT molecular complexity index is 712. The number of carbonyl (C=O) groups is 2. The molecule has 1 aromatic carbocycles. The Balaban J connectivity index is 2.48. The number of phenolic OH excluding ortho intramolecular Hbond substituents is 1. The van der Waals surface area contributed by atoms with Crippen LogP contribution in [0.4, 0.5) is 10.5 Å². The van der Waals surface area contributed by atoms with Crippen molar-refractivity contribution in [3.63, 3.8) is 0 Å². The van der Waals surface area contributed by atoms with Gasteiger partial charge in [0, 0.05) is 11.8 Å². The first-order valence-electron chi connectivity index (χ1n) is 6.77. The number of aromatic hydroxyl groups is 1. The lowest BCUT2D eigenvalue weighted by molar-refractivity contribution is -0.385. The summed E-state index contributed by atoms with van der Waals surface area (Å²) in [5.74, 6) is -1.18. The molecule has 0 radical (unpaired) electrons. The van der Waals surface area contributed by atoms with Gasteiger partial charge in [0.2, 0.25) is 0 Å². The van der Waals surface area contributed by atoms with Crippen molar-refractivity contribution < 1.29 is 24.4 Å². The number of nitro groups is 1. The first-order valence-corrected chi connectivity index (χ1v) is 6.77. The van der Waals surface area contributed by atoms with Gasteiger partial charge in [0.1, 0.15) is 0 Å². The number of nitrogens with zero attached hydrogens (tertiary/aromatic N) is 1. The van der Waals surface area contributed by atoms with Gasteiger partial charge in [-0.2, -0.15) is 0 Å². The molecule has 1 aromatic rings. The molecule has 1 unspecified atom stereocenters. The van der Waals surface area contributed by atoms with Crippen molar-refractivity contribution in [3.05, 3.63) is 45.1 Å². The van der Waals surface area contributed by atoms with Crippen molar-refractivity contribution in [1.29, 1.82) is 0 Å². The minimum atomic E-state index is -0.880. The van der Waals surface area contributed by atoms with E-state index in [1.807, 2.05) is 0 Å². The van der Waals surface area contributed by atoms with Gasteiger partial charge >= 0.3 is 17.7 Å². The fourth-order valence-corrected chi connectivity index (χ4v) is 2.30. The number of rotatable bonds is 4. The number of nitro benzene ring substituents is 1. The van der Waals surface area contributed by atoms with Crippen LogP contribution in [0.5, 0.6) is 5.75 Å². The molecular formula is C14H15N3O6. The Kier molecular flexibility index (Phi) is 4.49. The van der Waals surface area contributed by atoms with Crippen LogP contribution in [0, 0.1) is 10.1 Å². The summed E-state index contributed by atoms with van der Waals surface area (Å²) < 4.78 is 4.97. The van der Waals surface area contributed by atoms with Crippen LogP contribution < -0.4 is 10.6 Å². The van der Waals surface area contributed by atoms with E-state index in [4.69, 9.17) is 4.74 Å². The predicted octanol–water partition coefficient (Wildman–Crippen LogP) is 1.49. The third-order valence-corrected chi connectivity index (χ3v) is 3.29. The second-order valence-electron chi connectivity index (χ2n) is 4.80. The van der Waals surface area contributed by atoms with Crippen LogP contribution in [0.15, 0.2) is 29.5 Å². The van der Waals surface area contributed by atoms with E-state index in [1.54, 1.807) is 13.8 Å². The van der Waals surface area contributed by atoms with Crippen LogP contribution in [0.1, 0.15) is 25.5 Å². The van der Waals surface area contributed by atoms with Crippen LogP contribution in [0.3, 0.4) is 0 Å². The summed E-state index contributed by atoms with van der Waals surface area (Å²) in [6.45, 7) is 3.35. The van der Waals surface area contributed by atoms with E-state index in [9.17, 15) is 24.8 Å². The molecule has 1 atom stereocenters. The van der Waals surface area contributed by atoms with Crippen molar-refractivity contribution in [1.82, 2.24) is 10.6 Å². The molecule has 23 heavy (non-hydrogen) atoms. The largest absolute Gasteiger partial charge is 0.502 e. The minimum absolute atomic E-state index is 0.155. The van der Waals surface area contributed by atoms with E-state index in [-0.39, 0.29) is 12.2 Å². The van der Waals surface area contributed by atoms with Gasteiger partial charge in [0.15, 0.2) is 5.75 Å². The lowest BCUT2D eigenvalue weighted by atomic mass is 9.95. The molecule has 1 heterocycles. The number of phenols is 1. The third-order valence-electron chi connectivity index (χ3n) is 3.29. The summed E-state index contributed by atoms with van der Waals surface area (Å²) in [6.07, 6.45) is 0. The minimum Gasteiger partial charge on any atom is -0.502 e. The average molecular weight is 321 g/mol. The van der Waals surface area contributed by atoms with E-state index >= 15 is 0 Å². The molecule has 3 N–H and O–H groups in total. The maximum Gasteiger partial charge on any atom is 0.338 e. The van der Waals surface area contributed by atoms with Crippen LogP contribution in [-0.4, -0.2) is 28.6 Å². The van der Waals surface area contributed by atoms with Crippen molar-refractivity contribution in [2.45, 2.75) is 19.9 Å². The number of urea groups is 1. The van der Waals surface area contributed by atoms with Gasteiger partial charge in [-0.3, -0.25) is 10.1 Å². The van der Waals surface area contributed by atoms with Crippen molar-refractivity contribution in [3.8, 4) is 5.75 Å². The van der Waals surface area contributed by atoms with E-state index in [0.717, 1.165) is 12.1 Å².